The van der Waals surface area contributed by atoms with E-state index < -0.39 is 0 Å². The first-order valence-electron chi connectivity index (χ1n) is 5.02. The molecular weight excluding hydrogens is 168 g/mol. The van der Waals surface area contributed by atoms with E-state index in [0.29, 0.717) is 0 Å². The molecule has 0 N–H and O–H groups in total. The van der Waals surface area contributed by atoms with Gasteiger partial charge in [-0.1, -0.05) is 60.7 Å². The molecule has 0 amide bonds. The van der Waals surface area contributed by atoms with Gasteiger partial charge in [0.1, 0.15) is 0 Å². The van der Waals surface area contributed by atoms with Crippen LogP contribution >= 0.6 is 0 Å². The van der Waals surface area contributed by atoms with Crippen molar-refractivity contribution in [3.05, 3.63) is 65.8 Å². The smallest absolute Gasteiger partial charge is 0.0100 e. The highest BCUT2D eigenvalue weighted by atomic mass is 14.0. The van der Waals surface area contributed by atoms with Crippen LogP contribution in [-0.4, -0.2) is 0 Å². The van der Waals surface area contributed by atoms with Crippen LogP contribution in [0.25, 0.3) is 6.08 Å². The molecule has 1 aromatic rings. The SMILES string of the molecule is C1=CCC(C=Cc2ccccc2)=CC1. The summed E-state index contributed by atoms with van der Waals surface area (Å²) in [6.45, 7) is 0. The first kappa shape index (κ1) is 9.01. The molecule has 0 heterocycles. The van der Waals surface area contributed by atoms with E-state index in [1.54, 1.807) is 0 Å². The first-order chi connectivity index (χ1) is 6.95. The lowest BCUT2D eigenvalue weighted by Gasteiger charge is -2.01. The average Bonchev–Trinajstić information content (AvgIpc) is 2.29. The molecule has 0 saturated heterocycles. The molecule has 0 aromatic heterocycles. The van der Waals surface area contributed by atoms with Crippen LogP contribution in [0.2, 0.25) is 0 Å². The third kappa shape index (κ3) is 2.46. The zero-order chi connectivity index (χ0) is 9.64. The minimum Gasteiger partial charge on any atom is -0.0844 e. The van der Waals surface area contributed by atoms with Crippen LogP contribution in [0, 0.1) is 0 Å². The Morgan fingerprint density at radius 2 is 1.79 bits per heavy atom. The normalized spacial score (nSPS) is 15.9. The van der Waals surface area contributed by atoms with Gasteiger partial charge in [-0.2, -0.15) is 0 Å². The molecule has 2 rings (SSSR count). The van der Waals surface area contributed by atoms with Crippen molar-refractivity contribution in [2.45, 2.75) is 12.8 Å². The lowest BCUT2D eigenvalue weighted by Crippen LogP contribution is -1.81. The molecule has 0 heteroatoms. The Kier molecular flexibility index (Phi) is 2.97. The van der Waals surface area contributed by atoms with Crippen LogP contribution in [0.15, 0.2) is 60.2 Å². The second-order valence-electron chi connectivity index (χ2n) is 3.43. The third-order valence-corrected chi connectivity index (χ3v) is 2.33. The topological polar surface area (TPSA) is 0 Å². The molecule has 1 aromatic carbocycles. The lowest BCUT2D eigenvalue weighted by molar-refractivity contribution is 1.17. The molecule has 0 saturated carbocycles. The van der Waals surface area contributed by atoms with E-state index in [4.69, 9.17) is 0 Å². The molecular formula is C14H14. The van der Waals surface area contributed by atoms with Gasteiger partial charge < -0.3 is 0 Å². The zero-order valence-corrected chi connectivity index (χ0v) is 8.19. The third-order valence-electron chi connectivity index (χ3n) is 2.33. The second-order valence-corrected chi connectivity index (χ2v) is 3.43. The van der Waals surface area contributed by atoms with Crippen LogP contribution in [0.1, 0.15) is 18.4 Å². The van der Waals surface area contributed by atoms with Gasteiger partial charge >= 0.3 is 0 Å². The summed E-state index contributed by atoms with van der Waals surface area (Å²) in [5, 5.41) is 0. The highest BCUT2D eigenvalue weighted by Gasteiger charge is 1.93. The maximum atomic E-state index is 2.28. The molecule has 14 heavy (non-hydrogen) atoms. The highest BCUT2D eigenvalue weighted by Crippen LogP contribution is 2.13. The van der Waals surface area contributed by atoms with Gasteiger partial charge in [0.15, 0.2) is 0 Å². The van der Waals surface area contributed by atoms with Crippen molar-refractivity contribution in [2.24, 2.45) is 0 Å². The van der Waals surface area contributed by atoms with Crippen molar-refractivity contribution in [3.8, 4) is 0 Å². The van der Waals surface area contributed by atoms with Crippen LogP contribution in [0.3, 0.4) is 0 Å². The summed E-state index contributed by atoms with van der Waals surface area (Å²) in [6, 6.07) is 10.4. The molecule has 0 radical (unpaired) electrons. The van der Waals surface area contributed by atoms with Crippen molar-refractivity contribution in [3.63, 3.8) is 0 Å². The van der Waals surface area contributed by atoms with Crippen LogP contribution in [0.4, 0.5) is 0 Å². The van der Waals surface area contributed by atoms with E-state index in [9.17, 15) is 0 Å². The van der Waals surface area contributed by atoms with E-state index in [2.05, 4.69) is 54.6 Å². The quantitative estimate of drug-likeness (QED) is 0.607. The summed E-state index contributed by atoms with van der Waals surface area (Å²) >= 11 is 0. The first-order valence-corrected chi connectivity index (χ1v) is 5.02. The molecule has 0 nitrogen and oxygen atoms in total. The van der Waals surface area contributed by atoms with Gasteiger partial charge in [0.2, 0.25) is 0 Å². The summed E-state index contributed by atoms with van der Waals surface area (Å²) in [7, 11) is 0. The fourth-order valence-electron chi connectivity index (χ4n) is 1.52. The maximum absolute atomic E-state index is 2.28. The molecule has 0 atom stereocenters. The predicted octanol–water partition coefficient (Wildman–Crippen LogP) is 3.98. The minimum atomic E-state index is 1.07. The fourth-order valence-corrected chi connectivity index (χ4v) is 1.52. The van der Waals surface area contributed by atoms with Gasteiger partial charge in [-0.15, -0.1) is 0 Å². The molecule has 0 fully saturated rings. The Hall–Kier alpha value is -1.56. The summed E-state index contributed by atoms with van der Waals surface area (Å²) in [4.78, 5) is 0. The van der Waals surface area contributed by atoms with Crippen molar-refractivity contribution in [1.82, 2.24) is 0 Å². The Labute approximate surface area is 85.3 Å². The van der Waals surface area contributed by atoms with Crippen molar-refractivity contribution in [2.75, 3.05) is 0 Å². The van der Waals surface area contributed by atoms with E-state index in [0.717, 1.165) is 12.8 Å². The van der Waals surface area contributed by atoms with Crippen molar-refractivity contribution in [1.29, 1.82) is 0 Å². The molecule has 0 bridgehead atoms. The minimum absolute atomic E-state index is 1.07. The number of hydrogen-bond donors (Lipinski definition) is 0. The second kappa shape index (κ2) is 4.61. The zero-order valence-electron chi connectivity index (χ0n) is 8.19. The van der Waals surface area contributed by atoms with E-state index >= 15 is 0 Å². The Balaban J connectivity index is 2.04. The standard InChI is InChI=1S/C14H14/c1-3-7-13(8-4-1)11-12-14-9-5-2-6-10-14/h1-5,7-8,10-12H,6,9H2. The van der Waals surface area contributed by atoms with Gasteiger partial charge in [0.25, 0.3) is 0 Å². The van der Waals surface area contributed by atoms with E-state index in [1.165, 1.54) is 11.1 Å². The predicted molar refractivity (Wildman–Crippen MR) is 61.9 cm³/mol. The molecule has 0 aliphatic heterocycles. The molecule has 1 aliphatic rings. The van der Waals surface area contributed by atoms with Crippen LogP contribution in [-0.2, 0) is 0 Å². The van der Waals surface area contributed by atoms with Gasteiger partial charge in [-0.3, -0.25) is 0 Å². The summed E-state index contributed by atoms with van der Waals surface area (Å²) in [5.74, 6) is 0. The fraction of sp³-hybridized carbons (Fsp3) is 0.143. The molecule has 0 spiro atoms. The number of rotatable bonds is 2. The van der Waals surface area contributed by atoms with Gasteiger partial charge in [-0.25, -0.2) is 0 Å². The van der Waals surface area contributed by atoms with E-state index in [1.807, 2.05) is 6.07 Å². The lowest BCUT2D eigenvalue weighted by atomic mass is 10.0. The van der Waals surface area contributed by atoms with Crippen LogP contribution < -0.4 is 0 Å². The summed E-state index contributed by atoms with van der Waals surface area (Å²) in [6.07, 6.45) is 13.2. The number of allylic oxidation sites excluding steroid dienone is 5. The Morgan fingerprint density at radius 1 is 0.929 bits per heavy atom. The average molecular weight is 182 g/mol. The number of benzene rings is 1. The number of hydrogen-bond acceptors (Lipinski definition) is 0. The summed E-state index contributed by atoms with van der Waals surface area (Å²) in [5.41, 5.74) is 2.68. The summed E-state index contributed by atoms with van der Waals surface area (Å²) < 4.78 is 0. The largest absolute Gasteiger partial charge is 0.0844 e. The molecule has 0 unspecified atom stereocenters. The van der Waals surface area contributed by atoms with Crippen LogP contribution in [0.5, 0.6) is 0 Å². The molecule has 70 valence electrons. The van der Waals surface area contributed by atoms with Gasteiger partial charge in [0.05, 0.1) is 0 Å². The van der Waals surface area contributed by atoms with Crippen molar-refractivity contribution < 1.29 is 0 Å². The maximum Gasteiger partial charge on any atom is -0.0100 e. The van der Waals surface area contributed by atoms with E-state index in [-0.39, 0.29) is 0 Å². The monoisotopic (exact) mass is 182 g/mol. The van der Waals surface area contributed by atoms with Gasteiger partial charge in [-0.05, 0) is 24.0 Å². The Morgan fingerprint density at radius 3 is 2.50 bits per heavy atom. The highest BCUT2D eigenvalue weighted by molar-refractivity contribution is 5.53. The van der Waals surface area contributed by atoms with Gasteiger partial charge in [0, 0.05) is 0 Å². The Bertz CT molecular complexity index is 366. The molecule has 1 aliphatic carbocycles. The van der Waals surface area contributed by atoms with Crippen molar-refractivity contribution >= 4 is 6.08 Å².